The molecule has 3 aromatic rings. The van der Waals surface area contributed by atoms with E-state index in [2.05, 4.69) is 16.7 Å². The molecule has 1 saturated heterocycles. The number of likely N-dealkylation sites (tertiary alicyclic amines) is 1. The summed E-state index contributed by atoms with van der Waals surface area (Å²) in [4.78, 5) is 18.5. The van der Waals surface area contributed by atoms with Crippen molar-refractivity contribution in [3.05, 3.63) is 48.7 Å². The Bertz CT molecular complexity index is 1080. The number of fused-ring (bicyclic) bond motifs is 1. The van der Waals surface area contributed by atoms with Gasteiger partial charge in [0.1, 0.15) is 5.60 Å². The number of nitrogens with zero attached hydrogens (tertiary/aromatic N) is 4. The maximum absolute atomic E-state index is 12.3. The minimum Gasteiger partial charge on any atom is -0.444 e. The number of amides is 1. The highest BCUT2D eigenvalue weighted by Crippen LogP contribution is 2.32. The molecule has 1 aliphatic heterocycles. The van der Waals surface area contributed by atoms with Crippen LogP contribution in [0.2, 0.25) is 0 Å². The molecular formula is C23H28N4O3. The predicted octanol–water partition coefficient (Wildman–Crippen LogP) is 5.14. The number of piperidine rings is 1. The molecule has 1 fully saturated rings. The second-order valence-electron chi connectivity index (χ2n) is 8.94. The molecule has 0 bridgehead atoms. The Kier molecular flexibility index (Phi) is 5.13. The zero-order chi connectivity index (χ0) is 21.5. The molecule has 1 amide bonds. The summed E-state index contributed by atoms with van der Waals surface area (Å²) >= 11 is 0. The van der Waals surface area contributed by atoms with Crippen molar-refractivity contribution in [2.24, 2.45) is 0 Å². The Hall–Kier alpha value is -3.09. The van der Waals surface area contributed by atoms with Crippen LogP contribution < -0.4 is 0 Å². The summed E-state index contributed by atoms with van der Waals surface area (Å²) in [6.45, 7) is 12.9. The molecule has 30 heavy (non-hydrogen) atoms. The number of ether oxygens (including phenoxy) is 1. The van der Waals surface area contributed by atoms with Gasteiger partial charge in [-0.25, -0.2) is 4.79 Å². The highest BCUT2D eigenvalue weighted by Gasteiger charge is 2.29. The summed E-state index contributed by atoms with van der Waals surface area (Å²) in [5.74, 6) is 1.00. The van der Waals surface area contributed by atoms with E-state index in [1.807, 2.05) is 56.6 Å². The minimum absolute atomic E-state index is 0.246. The van der Waals surface area contributed by atoms with Gasteiger partial charge in [0.2, 0.25) is 0 Å². The van der Waals surface area contributed by atoms with Crippen molar-refractivity contribution in [3.8, 4) is 11.3 Å². The van der Waals surface area contributed by atoms with E-state index in [0.29, 0.717) is 13.1 Å². The van der Waals surface area contributed by atoms with Gasteiger partial charge in [0.25, 0.3) is 0 Å². The van der Waals surface area contributed by atoms with Crippen LogP contribution in [-0.4, -0.2) is 44.2 Å². The minimum atomic E-state index is -0.477. The number of allylic oxidation sites excluding steroid dienone is 1. The lowest BCUT2D eigenvalue weighted by atomic mass is 9.93. The number of hydrogen-bond donors (Lipinski definition) is 0. The SMILES string of the molecule is C=C(C)c1nccn2cc(-c3cc(C4CCN(C(=O)OC(C)(C)C)CC4)no3)cc12. The van der Waals surface area contributed by atoms with Crippen molar-refractivity contribution in [1.82, 2.24) is 19.4 Å². The van der Waals surface area contributed by atoms with Crippen molar-refractivity contribution in [1.29, 1.82) is 0 Å². The average Bonchev–Trinajstić information content (AvgIpc) is 3.33. The summed E-state index contributed by atoms with van der Waals surface area (Å²) in [5.41, 5.74) is 4.19. The first kappa shape index (κ1) is 20.2. The van der Waals surface area contributed by atoms with Crippen molar-refractivity contribution >= 4 is 17.2 Å². The number of rotatable bonds is 3. The molecule has 1 aliphatic rings. The maximum Gasteiger partial charge on any atom is 0.410 e. The Morgan fingerprint density at radius 2 is 2.00 bits per heavy atom. The third-order valence-electron chi connectivity index (χ3n) is 5.30. The van der Waals surface area contributed by atoms with Crippen molar-refractivity contribution in [2.45, 2.75) is 52.1 Å². The zero-order valence-electron chi connectivity index (χ0n) is 18.0. The van der Waals surface area contributed by atoms with Crippen molar-refractivity contribution in [3.63, 3.8) is 0 Å². The molecule has 0 unspecified atom stereocenters. The second-order valence-corrected chi connectivity index (χ2v) is 8.94. The summed E-state index contributed by atoms with van der Waals surface area (Å²) < 4.78 is 13.2. The lowest BCUT2D eigenvalue weighted by molar-refractivity contribution is 0.0203. The predicted molar refractivity (Wildman–Crippen MR) is 115 cm³/mol. The molecular weight excluding hydrogens is 380 g/mol. The molecule has 0 aromatic carbocycles. The summed E-state index contributed by atoms with van der Waals surface area (Å²) in [5, 5.41) is 4.32. The molecule has 158 valence electrons. The quantitative estimate of drug-likeness (QED) is 0.600. The van der Waals surface area contributed by atoms with Crippen LogP contribution in [0.5, 0.6) is 0 Å². The van der Waals surface area contributed by atoms with Crippen LogP contribution >= 0.6 is 0 Å². The van der Waals surface area contributed by atoms with E-state index < -0.39 is 5.60 Å². The standard InChI is InChI=1S/C23H28N4O3/c1-15(2)21-19-12-17(14-27(19)11-8-24-21)20-13-18(25-30-20)16-6-9-26(10-7-16)22(28)29-23(3,4)5/h8,11-14,16H,1,6-7,9-10H2,2-5H3. The van der Waals surface area contributed by atoms with Gasteiger partial charge in [0.05, 0.1) is 16.9 Å². The topological polar surface area (TPSA) is 72.9 Å². The van der Waals surface area contributed by atoms with Gasteiger partial charge in [0.15, 0.2) is 5.76 Å². The summed E-state index contributed by atoms with van der Waals surface area (Å²) in [7, 11) is 0. The number of carbonyl (C=O) groups is 1. The largest absolute Gasteiger partial charge is 0.444 e. The second kappa shape index (κ2) is 7.63. The van der Waals surface area contributed by atoms with E-state index in [4.69, 9.17) is 9.26 Å². The normalized spacial score (nSPS) is 15.5. The molecule has 0 aliphatic carbocycles. The molecule has 3 aromatic heterocycles. The van der Waals surface area contributed by atoms with Gasteiger partial charge in [-0.15, -0.1) is 0 Å². The first-order valence-corrected chi connectivity index (χ1v) is 10.3. The van der Waals surface area contributed by atoms with Crippen LogP contribution in [0.15, 0.2) is 41.8 Å². The highest BCUT2D eigenvalue weighted by atomic mass is 16.6. The molecule has 0 atom stereocenters. The molecule has 0 N–H and O–H groups in total. The van der Waals surface area contributed by atoms with Gasteiger partial charge in [-0.3, -0.25) is 4.98 Å². The van der Waals surface area contributed by atoms with E-state index in [1.165, 1.54) is 0 Å². The Morgan fingerprint density at radius 3 is 2.67 bits per heavy atom. The van der Waals surface area contributed by atoms with Gasteiger partial charge < -0.3 is 18.6 Å². The summed E-state index contributed by atoms with van der Waals surface area (Å²) in [6, 6.07) is 4.06. The van der Waals surface area contributed by atoms with Crippen LogP contribution in [0.25, 0.3) is 22.4 Å². The monoisotopic (exact) mass is 408 g/mol. The molecule has 0 radical (unpaired) electrons. The lowest BCUT2D eigenvalue weighted by Crippen LogP contribution is -2.41. The number of aromatic nitrogens is 3. The highest BCUT2D eigenvalue weighted by molar-refractivity contribution is 5.77. The van der Waals surface area contributed by atoms with Gasteiger partial charge in [-0.05, 0) is 52.2 Å². The summed E-state index contributed by atoms with van der Waals surface area (Å²) in [6.07, 6.45) is 7.13. The van der Waals surface area contributed by atoms with Crippen molar-refractivity contribution in [2.75, 3.05) is 13.1 Å². The number of hydrogen-bond acceptors (Lipinski definition) is 5. The van der Waals surface area contributed by atoms with Crippen molar-refractivity contribution < 1.29 is 14.1 Å². The van der Waals surface area contributed by atoms with Crippen LogP contribution in [0.1, 0.15) is 57.8 Å². The fourth-order valence-electron chi connectivity index (χ4n) is 3.80. The zero-order valence-corrected chi connectivity index (χ0v) is 18.0. The fraction of sp³-hybridized carbons (Fsp3) is 0.435. The van der Waals surface area contributed by atoms with Crippen LogP contribution in [0.4, 0.5) is 4.79 Å². The molecule has 4 heterocycles. The van der Waals surface area contributed by atoms with Gasteiger partial charge >= 0.3 is 6.09 Å². The maximum atomic E-state index is 12.3. The van der Waals surface area contributed by atoms with Gasteiger partial charge in [0, 0.05) is 49.2 Å². The average molecular weight is 409 g/mol. The third-order valence-corrected chi connectivity index (χ3v) is 5.30. The first-order chi connectivity index (χ1) is 14.2. The Morgan fingerprint density at radius 1 is 1.27 bits per heavy atom. The van der Waals surface area contributed by atoms with Crippen LogP contribution in [-0.2, 0) is 4.74 Å². The lowest BCUT2D eigenvalue weighted by Gasteiger charge is -2.32. The smallest absolute Gasteiger partial charge is 0.410 e. The first-order valence-electron chi connectivity index (χ1n) is 10.3. The van der Waals surface area contributed by atoms with Crippen LogP contribution in [0.3, 0.4) is 0 Å². The van der Waals surface area contributed by atoms with E-state index in [0.717, 1.165) is 46.6 Å². The number of carbonyl (C=O) groups excluding carboxylic acids is 1. The van der Waals surface area contributed by atoms with Crippen LogP contribution in [0, 0.1) is 0 Å². The van der Waals surface area contributed by atoms with Gasteiger partial charge in [-0.2, -0.15) is 0 Å². The van der Waals surface area contributed by atoms with E-state index in [-0.39, 0.29) is 12.0 Å². The van der Waals surface area contributed by atoms with E-state index in [1.54, 1.807) is 11.1 Å². The van der Waals surface area contributed by atoms with Gasteiger partial charge in [-0.1, -0.05) is 11.7 Å². The fourth-order valence-corrected chi connectivity index (χ4v) is 3.80. The van der Waals surface area contributed by atoms with E-state index >= 15 is 0 Å². The third kappa shape index (κ3) is 4.10. The molecule has 7 nitrogen and oxygen atoms in total. The van der Waals surface area contributed by atoms with E-state index in [9.17, 15) is 4.79 Å². The molecule has 4 rings (SSSR count). The molecule has 0 spiro atoms. The Labute approximate surface area is 176 Å². The Balaban J connectivity index is 1.47. The molecule has 7 heteroatoms. The molecule has 0 saturated carbocycles.